The summed E-state index contributed by atoms with van der Waals surface area (Å²) in [5.74, 6) is 0.162. The van der Waals surface area contributed by atoms with Crippen molar-refractivity contribution in [1.82, 2.24) is 0 Å². The van der Waals surface area contributed by atoms with E-state index >= 15 is 0 Å². The maximum Gasteiger partial charge on any atom is 0.338 e. The van der Waals surface area contributed by atoms with Crippen LogP contribution in [0.3, 0.4) is 0 Å². The van der Waals surface area contributed by atoms with Gasteiger partial charge in [0.05, 0.1) is 17.9 Å². The van der Waals surface area contributed by atoms with Crippen molar-refractivity contribution in [3.63, 3.8) is 0 Å². The molecule has 0 aliphatic heterocycles. The summed E-state index contributed by atoms with van der Waals surface area (Å²) >= 11 is 3.38. The molecule has 0 unspecified atom stereocenters. The number of halogens is 1. The van der Waals surface area contributed by atoms with Crippen LogP contribution in [-0.2, 0) is 11.3 Å². The molecule has 0 saturated heterocycles. The number of ether oxygens (including phenoxy) is 2. The molecule has 110 valence electrons. The van der Waals surface area contributed by atoms with Crippen LogP contribution in [0.2, 0.25) is 0 Å². The van der Waals surface area contributed by atoms with Crippen LogP contribution < -0.4 is 10.5 Å². The third-order valence-electron chi connectivity index (χ3n) is 2.83. The molecule has 2 aromatic carbocycles. The lowest BCUT2D eigenvalue weighted by atomic mass is 10.2. The number of carbonyl (C=O) groups is 1. The smallest absolute Gasteiger partial charge is 0.338 e. The average molecular weight is 350 g/mol. The predicted molar refractivity (Wildman–Crippen MR) is 85.3 cm³/mol. The van der Waals surface area contributed by atoms with E-state index in [9.17, 15) is 4.79 Å². The van der Waals surface area contributed by atoms with Crippen molar-refractivity contribution in [2.45, 2.75) is 13.5 Å². The van der Waals surface area contributed by atoms with E-state index in [1.165, 1.54) is 0 Å². The molecule has 0 aliphatic carbocycles. The number of carbonyl (C=O) groups excluding carboxylic acids is 1. The highest BCUT2D eigenvalue weighted by atomic mass is 79.9. The van der Waals surface area contributed by atoms with Crippen molar-refractivity contribution in [2.75, 3.05) is 12.3 Å². The number of benzene rings is 2. The lowest BCUT2D eigenvalue weighted by molar-refractivity contribution is 0.0526. The van der Waals surface area contributed by atoms with Crippen LogP contribution in [0.5, 0.6) is 5.75 Å². The largest absolute Gasteiger partial charge is 0.487 e. The first-order valence-electron chi connectivity index (χ1n) is 6.54. The number of hydrogen-bond donors (Lipinski definition) is 1. The molecular formula is C16H16BrNO3. The van der Waals surface area contributed by atoms with E-state index in [1.807, 2.05) is 24.3 Å². The second-order valence-electron chi connectivity index (χ2n) is 4.39. The lowest BCUT2D eigenvalue weighted by Crippen LogP contribution is -2.06. The van der Waals surface area contributed by atoms with Gasteiger partial charge in [0.25, 0.3) is 0 Å². The molecule has 0 spiro atoms. The lowest BCUT2D eigenvalue weighted by Gasteiger charge is -2.10. The molecule has 0 fully saturated rings. The average Bonchev–Trinajstić information content (AvgIpc) is 2.48. The van der Waals surface area contributed by atoms with Gasteiger partial charge >= 0.3 is 5.97 Å². The number of anilines is 1. The fourth-order valence-corrected chi connectivity index (χ4v) is 2.03. The summed E-state index contributed by atoms with van der Waals surface area (Å²) in [6.45, 7) is 2.51. The Labute approximate surface area is 132 Å². The van der Waals surface area contributed by atoms with E-state index in [-0.39, 0.29) is 5.97 Å². The highest BCUT2D eigenvalue weighted by Gasteiger charge is 2.09. The van der Waals surface area contributed by atoms with Crippen molar-refractivity contribution < 1.29 is 14.3 Å². The minimum Gasteiger partial charge on any atom is -0.487 e. The van der Waals surface area contributed by atoms with Crippen molar-refractivity contribution in [3.05, 3.63) is 58.1 Å². The Morgan fingerprint density at radius 2 is 1.90 bits per heavy atom. The van der Waals surface area contributed by atoms with Gasteiger partial charge < -0.3 is 15.2 Å². The molecular weight excluding hydrogens is 334 g/mol. The van der Waals surface area contributed by atoms with Gasteiger partial charge in [-0.25, -0.2) is 4.79 Å². The van der Waals surface area contributed by atoms with Gasteiger partial charge in [-0.15, -0.1) is 0 Å². The summed E-state index contributed by atoms with van der Waals surface area (Å²) in [4.78, 5) is 11.6. The van der Waals surface area contributed by atoms with Gasteiger partial charge in [-0.3, -0.25) is 0 Å². The van der Waals surface area contributed by atoms with E-state index in [0.29, 0.717) is 30.2 Å². The summed E-state index contributed by atoms with van der Waals surface area (Å²) in [6, 6.07) is 12.7. The van der Waals surface area contributed by atoms with Crippen LogP contribution in [0, 0.1) is 0 Å². The zero-order valence-electron chi connectivity index (χ0n) is 11.6. The summed E-state index contributed by atoms with van der Waals surface area (Å²) in [5.41, 5.74) is 7.77. The zero-order valence-corrected chi connectivity index (χ0v) is 13.2. The number of nitrogens with two attached hydrogens (primary N) is 1. The van der Waals surface area contributed by atoms with E-state index < -0.39 is 0 Å². The van der Waals surface area contributed by atoms with E-state index in [0.717, 1.165) is 10.0 Å². The van der Waals surface area contributed by atoms with E-state index in [4.69, 9.17) is 15.2 Å². The first-order chi connectivity index (χ1) is 10.1. The summed E-state index contributed by atoms with van der Waals surface area (Å²) < 4.78 is 11.6. The monoisotopic (exact) mass is 349 g/mol. The van der Waals surface area contributed by atoms with Crippen LogP contribution in [0.25, 0.3) is 0 Å². The SMILES string of the molecule is CCOC(=O)c1ccc(OCc2ccc(Br)cc2)c(N)c1. The van der Waals surface area contributed by atoms with E-state index in [1.54, 1.807) is 25.1 Å². The Morgan fingerprint density at radius 3 is 2.52 bits per heavy atom. The first-order valence-corrected chi connectivity index (χ1v) is 7.33. The standard InChI is InChI=1S/C16H16BrNO3/c1-2-20-16(19)12-5-8-15(14(18)9-12)21-10-11-3-6-13(17)7-4-11/h3-9H,2,10,18H2,1H3. The third-order valence-corrected chi connectivity index (χ3v) is 3.36. The van der Waals surface area contributed by atoms with Crippen LogP contribution in [0.4, 0.5) is 5.69 Å². The first kappa shape index (κ1) is 15.4. The number of esters is 1. The molecule has 0 amide bonds. The Morgan fingerprint density at radius 1 is 1.19 bits per heavy atom. The van der Waals surface area contributed by atoms with Gasteiger partial charge in [0.15, 0.2) is 0 Å². The molecule has 0 saturated carbocycles. The van der Waals surface area contributed by atoms with Crippen LogP contribution in [0.15, 0.2) is 46.9 Å². The van der Waals surface area contributed by atoms with Crippen molar-refractivity contribution in [2.24, 2.45) is 0 Å². The molecule has 2 N–H and O–H groups in total. The quantitative estimate of drug-likeness (QED) is 0.658. The van der Waals surface area contributed by atoms with Gasteiger partial charge in [-0.05, 0) is 42.8 Å². The van der Waals surface area contributed by atoms with Gasteiger partial charge in [-0.2, -0.15) is 0 Å². The van der Waals surface area contributed by atoms with Crippen molar-refractivity contribution >= 4 is 27.6 Å². The zero-order chi connectivity index (χ0) is 15.2. The molecule has 0 radical (unpaired) electrons. The van der Waals surface area contributed by atoms with Gasteiger partial charge in [0.1, 0.15) is 12.4 Å². The predicted octanol–water partition coefficient (Wildman–Crippen LogP) is 3.79. The normalized spacial score (nSPS) is 10.2. The highest BCUT2D eigenvalue weighted by Crippen LogP contribution is 2.24. The fraction of sp³-hybridized carbons (Fsp3) is 0.188. The molecule has 4 nitrogen and oxygen atoms in total. The molecule has 2 aromatic rings. The molecule has 21 heavy (non-hydrogen) atoms. The molecule has 0 bridgehead atoms. The summed E-state index contributed by atoms with van der Waals surface area (Å²) in [5, 5.41) is 0. The Kier molecular flexibility index (Phi) is 5.22. The molecule has 5 heteroatoms. The van der Waals surface area contributed by atoms with Crippen LogP contribution in [-0.4, -0.2) is 12.6 Å². The van der Waals surface area contributed by atoms with E-state index in [2.05, 4.69) is 15.9 Å². The molecule has 2 rings (SSSR count). The molecule has 0 aromatic heterocycles. The second kappa shape index (κ2) is 7.13. The van der Waals surface area contributed by atoms with Gasteiger partial charge in [0.2, 0.25) is 0 Å². The maximum atomic E-state index is 11.6. The fourth-order valence-electron chi connectivity index (χ4n) is 1.76. The topological polar surface area (TPSA) is 61.5 Å². The maximum absolute atomic E-state index is 11.6. The minimum absolute atomic E-state index is 0.334. The second-order valence-corrected chi connectivity index (χ2v) is 5.30. The Hall–Kier alpha value is -2.01. The molecule has 0 atom stereocenters. The third kappa shape index (κ3) is 4.23. The van der Waals surface area contributed by atoms with Gasteiger partial charge in [0, 0.05) is 4.47 Å². The van der Waals surface area contributed by atoms with Crippen LogP contribution >= 0.6 is 15.9 Å². The van der Waals surface area contributed by atoms with Gasteiger partial charge in [-0.1, -0.05) is 28.1 Å². The Balaban J connectivity index is 2.04. The van der Waals surface area contributed by atoms with Crippen LogP contribution in [0.1, 0.15) is 22.8 Å². The number of rotatable bonds is 5. The van der Waals surface area contributed by atoms with Crippen molar-refractivity contribution in [3.8, 4) is 5.75 Å². The number of hydrogen-bond acceptors (Lipinski definition) is 4. The highest BCUT2D eigenvalue weighted by molar-refractivity contribution is 9.10. The molecule has 0 heterocycles. The minimum atomic E-state index is -0.386. The van der Waals surface area contributed by atoms with Crippen molar-refractivity contribution in [1.29, 1.82) is 0 Å². The Bertz CT molecular complexity index is 626. The summed E-state index contributed by atoms with van der Waals surface area (Å²) in [7, 11) is 0. The number of nitrogen functional groups attached to an aromatic ring is 1. The molecule has 0 aliphatic rings. The summed E-state index contributed by atoms with van der Waals surface area (Å²) in [6.07, 6.45) is 0.